The van der Waals surface area contributed by atoms with E-state index in [4.69, 9.17) is 20.5 Å². The summed E-state index contributed by atoms with van der Waals surface area (Å²) in [6, 6.07) is 1.76. The molecular formula is C26H34F3N7O2SSe. The predicted octanol–water partition coefficient (Wildman–Crippen LogP) is 3.85. The number of anilines is 1. The van der Waals surface area contributed by atoms with Crippen molar-refractivity contribution in [3.05, 3.63) is 23.4 Å². The second-order valence-corrected chi connectivity index (χ2v) is 14.4. The van der Waals surface area contributed by atoms with Gasteiger partial charge in [0.2, 0.25) is 0 Å². The maximum atomic E-state index is 16.2. The Morgan fingerprint density at radius 2 is 1.90 bits per heavy atom. The van der Waals surface area contributed by atoms with Crippen molar-refractivity contribution in [2.24, 2.45) is 0 Å². The third-order valence-corrected chi connectivity index (χ3v) is 10.5. The molecule has 3 fully saturated rings. The van der Waals surface area contributed by atoms with Crippen molar-refractivity contribution < 1.29 is 22.7 Å². The summed E-state index contributed by atoms with van der Waals surface area (Å²) in [7, 11) is 1.51. The average molecular weight is 645 g/mol. The first-order chi connectivity index (χ1) is 18.8. The van der Waals surface area contributed by atoms with Crippen LogP contribution in [0, 0.1) is 16.8 Å². The van der Waals surface area contributed by atoms with E-state index in [0.29, 0.717) is 48.1 Å². The van der Waals surface area contributed by atoms with Crippen LogP contribution in [-0.2, 0) is 9.53 Å². The van der Waals surface area contributed by atoms with Gasteiger partial charge in [-0.25, -0.2) is 0 Å². The van der Waals surface area contributed by atoms with Crippen LogP contribution >= 0.6 is 11.9 Å². The maximum absolute atomic E-state index is 16.2. The van der Waals surface area contributed by atoms with E-state index in [-0.39, 0.29) is 27.7 Å². The van der Waals surface area contributed by atoms with Gasteiger partial charge >= 0.3 is 235 Å². The molecule has 2 aromatic rings. The van der Waals surface area contributed by atoms with Crippen molar-refractivity contribution in [2.45, 2.75) is 74.8 Å². The van der Waals surface area contributed by atoms with Crippen LogP contribution in [0.3, 0.4) is 0 Å². The number of amides is 1. The summed E-state index contributed by atoms with van der Waals surface area (Å²) in [5.74, 6) is -0.674. The van der Waals surface area contributed by atoms with Gasteiger partial charge in [0.15, 0.2) is 0 Å². The minimum absolute atomic E-state index is 0.0318. The molecule has 0 bridgehead atoms. The zero-order valence-corrected chi connectivity index (χ0v) is 25.5. The van der Waals surface area contributed by atoms with E-state index >= 15 is 4.39 Å². The van der Waals surface area contributed by atoms with E-state index in [1.807, 2.05) is 0 Å². The van der Waals surface area contributed by atoms with E-state index in [2.05, 4.69) is 16.5 Å². The van der Waals surface area contributed by atoms with E-state index in [0.717, 1.165) is 25.7 Å². The molecule has 2 saturated carbocycles. The Hall–Kier alpha value is -2.12. The topological polar surface area (TPSA) is 110 Å². The van der Waals surface area contributed by atoms with Crippen molar-refractivity contribution in [2.75, 3.05) is 38.2 Å². The molecule has 14 heteroatoms. The summed E-state index contributed by atoms with van der Waals surface area (Å²) in [4.78, 5) is 21.9. The van der Waals surface area contributed by atoms with E-state index in [9.17, 15) is 13.6 Å². The number of fused-ring (bicyclic) bond motifs is 1. The standard InChI is InChI=1S/C26H34F3N7O2SSe/c1-25(2,38-4)24(37)35-11-9-34(10-12-35)15-13-16(39-33-26(3)7-8-26)20(29)36-18(21(30)40-22(31)19(27)28)17(14-5-6-14)32-23(15)36/h13-14,19,30-31,33H,5-12H2,1-4H3. The van der Waals surface area contributed by atoms with Crippen LogP contribution in [0.2, 0.25) is 0 Å². The number of piperazine rings is 1. The Labute approximate surface area is 241 Å². The van der Waals surface area contributed by atoms with Crippen molar-refractivity contribution in [1.82, 2.24) is 19.0 Å². The Morgan fingerprint density at radius 1 is 1.25 bits per heavy atom. The second-order valence-electron chi connectivity index (χ2n) is 11.3. The number of pyridine rings is 1. The number of hydrogen-bond acceptors (Lipinski definition) is 8. The molecule has 0 unspecified atom stereocenters. The normalized spacial score (nSPS) is 19.0. The van der Waals surface area contributed by atoms with Crippen LogP contribution in [0.15, 0.2) is 11.0 Å². The molecule has 3 heterocycles. The number of carbonyl (C=O) groups excluding carboxylic acids is 1. The fourth-order valence-electron chi connectivity index (χ4n) is 4.61. The van der Waals surface area contributed by atoms with E-state index in [1.165, 1.54) is 23.5 Å². The van der Waals surface area contributed by atoms with Crippen LogP contribution in [0.1, 0.15) is 63.8 Å². The SMILES string of the molecule is COC(C)(C)C(=O)N1CCN(c2cc(SNC3(C)CC3)c(F)n3c(C(=N)[Se]C(=N)C(F)F)c(C4CC4)nc23)CC1. The summed E-state index contributed by atoms with van der Waals surface area (Å²) < 4.78 is 51.7. The Bertz CT molecular complexity index is 1350. The van der Waals surface area contributed by atoms with E-state index in [1.54, 1.807) is 24.8 Å². The molecule has 0 spiro atoms. The van der Waals surface area contributed by atoms with Crippen molar-refractivity contribution in [1.29, 1.82) is 10.8 Å². The monoisotopic (exact) mass is 645 g/mol. The zero-order valence-electron chi connectivity index (χ0n) is 22.9. The second kappa shape index (κ2) is 10.9. The van der Waals surface area contributed by atoms with Gasteiger partial charge in [-0.2, -0.15) is 0 Å². The molecule has 0 radical (unpaired) electrons. The molecule has 0 atom stereocenters. The van der Waals surface area contributed by atoms with Gasteiger partial charge < -0.3 is 0 Å². The number of ether oxygens (including phenoxy) is 1. The molecule has 218 valence electrons. The third-order valence-electron chi connectivity index (χ3n) is 7.73. The average Bonchev–Trinajstić information content (AvgIpc) is 3.86. The molecule has 1 saturated heterocycles. The summed E-state index contributed by atoms with van der Waals surface area (Å²) in [6.07, 6.45) is 0.669. The van der Waals surface area contributed by atoms with Crippen molar-refractivity contribution >= 4 is 53.4 Å². The zero-order chi connectivity index (χ0) is 29.0. The Balaban J connectivity index is 1.55. The number of imidazole rings is 1. The number of carbonyl (C=O) groups is 1. The van der Waals surface area contributed by atoms with Crippen LogP contribution in [0.25, 0.3) is 5.65 Å². The van der Waals surface area contributed by atoms with Gasteiger partial charge in [0, 0.05) is 7.11 Å². The number of alkyl halides is 2. The van der Waals surface area contributed by atoms with Crippen LogP contribution in [-0.4, -0.2) is 95.2 Å². The van der Waals surface area contributed by atoms with Gasteiger partial charge in [-0.1, -0.05) is 0 Å². The van der Waals surface area contributed by atoms with Gasteiger partial charge in [-0.15, -0.1) is 0 Å². The van der Waals surface area contributed by atoms with E-state index < -0.39 is 37.5 Å². The number of halogens is 3. The molecule has 2 aromatic heterocycles. The number of nitrogens with zero attached hydrogens (tertiary/aromatic N) is 4. The number of hydrogen-bond donors (Lipinski definition) is 3. The Morgan fingerprint density at radius 3 is 2.45 bits per heavy atom. The van der Waals surface area contributed by atoms with Gasteiger partial charge in [0.25, 0.3) is 0 Å². The quantitative estimate of drug-likeness (QED) is 0.149. The van der Waals surface area contributed by atoms with Gasteiger partial charge in [-0.05, 0) is 0 Å². The summed E-state index contributed by atoms with van der Waals surface area (Å²) in [5, 5.41) is 16.4. The van der Waals surface area contributed by atoms with Crippen LogP contribution < -0.4 is 9.62 Å². The molecule has 0 aromatic carbocycles. The van der Waals surface area contributed by atoms with Crippen LogP contribution in [0.4, 0.5) is 18.9 Å². The number of nitrogens with one attached hydrogen (secondary N) is 3. The minimum atomic E-state index is -2.96. The van der Waals surface area contributed by atoms with Gasteiger partial charge in [-0.3, -0.25) is 0 Å². The van der Waals surface area contributed by atoms with Crippen LogP contribution in [0.5, 0.6) is 0 Å². The fraction of sp³-hybridized carbons (Fsp3) is 0.615. The van der Waals surface area contributed by atoms with Gasteiger partial charge in [0.05, 0.1) is 0 Å². The Kier molecular flexibility index (Phi) is 8.03. The molecule has 40 heavy (non-hydrogen) atoms. The molecule has 9 nitrogen and oxygen atoms in total. The molecule has 3 N–H and O–H groups in total. The van der Waals surface area contributed by atoms with Crippen molar-refractivity contribution in [3.63, 3.8) is 0 Å². The number of methoxy groups -OCH3 is 1. The summed E-state index contributed by atoms with van der Waals surface area (Å²) >= 11 is -0.0757. The van der Waals surface area contributed by atoms with Crippen molar-refractivity contribution in [3.8, 4) is 0 Å². The molecule has 1 amide bonds. The van der Waals surface area contributed by atoms with Gasteiger partial charge in [0.1, 0.15) is 0 Å². The number of rotatable bonds is 11. The molecule has 1 aliphatic heterocycles. The first-order valence-corrected chi connectivity index (χ1v) is 15.8. The molecule has 3 aliphatic rings. The summed E-state index contributed by atoms with van der Waals surface area (Å²) in [5.41, 5.74) is 0.710. The molecule has 5 rings (SSSR count). The summed E-state index contributed by atoms with van der Waals surface area (Å²) in [6.45, 7) is 7.40. The molecular weight excluding hydrogens is 610 g/mol. The number of aromatic nitrogens is 2. The fourth-order valence-corrected chi connectivity index (χ4v) is 6.78. The first kappa shape index (κ1) is 29.4. The molecule has 2 aliphatic carbocycles. The predicted molar refractivity (Wildman–Crippen MR) is 150 cm³/mol. The first-order valence-electron chi connectivity index (χ1n) is 13.3. The third kappa shape index (κ3) is 5.78.